The molecule has 1 aliphatic rings. The smallest absolute Gasteiger partial charge is 0.234 e. The second kappa shape index (κ2) is 5.14. The summed E-state index contributed by atoms with van der Waals surface area (Å²) in [7, 11) is -3.27. The van der Waals surface area contributed by atoms with Gasteiger partial charge in [-0.3, -0.25) is 4.72 Å². The third kappa shape index (κ3) is 3.43. The molecule has 1 aromatic rings. The topological polar surface area (TPSA) is 79.3 Å². The molecule has 7 heteroatoms. The minimum atomic E-state index is -3.27. The predicted octanol–water partition coefficient (Wildman–Crippen LogP) is 1.75. The van der Waals surface area contributed by atoms with Crippen molar-refractivity contribution in [1.82, 2.24) is 4.98 Å². The number of nitrogens with one attached hydrogen (secondary N) is 1. The van der Waals surface area contributed by atoms with Crippen molar-refractivity contribution in [3.8, 4) is 0 Å². The third-order valence-corrected chi connectivity index (χ3v) is 5.42. The lowest BCUT2D eigenvalue weighted by atomic mass is 9.97. The first-order chi connectivity index (χ1) is 8.42. The van der Waals surface area contributed by atoms with Crippen LogP contribution in [0.2, 0.25) is 0 Å². The molecular formula is C11H18N2O3S2. The van der Waals surface area contributed by atoms with E-state index in [1.807, 2.05) is 5.38 Å². The SMILES string of the molecule is CCS(=O)(=O)Nc1nc(CC2(O)CCCC2)cs1. The minimum absolute atomic E-state index is 0.0336. The molecule has 1 aromatic heterocycles. The number of thiazole rings is 1. The van der Waals surface area contributed by atoms with Crippen molar-refractivity contribution in [2.75, 3.05) is 10.5 Å². The van der Waals surface area contributed by atoms with Crippen molar-refractivity contribution in [3.63, 3.8) is 0 Å². The van der Waals surface area contributed by atoms with E-state index >= 15 is 0 Å². The van der Waals surface area contributed by atoms with E-state index in [0.29, 0.717) is 11.6 Å². The van der Waals surface area contributed by atoms with Gasteiger partial charge in [0.2, 0.25) is 10.0 Å². The third-order valence-electron chi connectivity index (χ3n) is 3.22. The van der Waals surface area contributed by atoms with Gasteiger partial charge in [-0.25, -0.2) is 13.4 Å². The summed E-state index contributed by atoms with van der Waals surface area (Å²) in [6.07, 6.45) is 4.23. The van der Waals surface area contributed by atoms with Gasteiger partial charge in [-0.1, -0.05) is 12.8 Å². The summed E-state index contributed by atoms with van der Waals surface area (Å²) >= 11 is 1.26. The number of aromatic nitrogens is 1. The lowest BCUT2D eigenvalue weighted by molar-refractivity contribution is 0.0474. The molecule has 1 aliphatic carbocycles. The summed E-state index contributed by atoms with van der Waals surface area (Å²) in [5, 5.41) is 12.5. The zero-order valence-electron chi connectivity index (χ0n) is 10.3. The fraction of sp³-hybridized carbons (Fsp3) is 0.727. The molecule has 5 nitrogen and oxygen atoms in total. The second-order valence-electron chi connectivity index (χ2n) is 4.76. The molecule has 0 spiro atoms. The number of aliphatic hydroxyl groups is 1. The highest BCUT2D eigenvalue weighted by atomic mass is 32.2. The molecule has 0 saturated heterocycles. The van der Waals surface area contributed by atoms with Crippen LogP contribution in [0.5, 0.6) is 0 Å². The molecule has 0 aliphatic heterocycles. The molecule has 102 valence electrons. The van der Waals surface area contributed by atoms with Crippen molar-refractivity contribution < 1.29 is 13.5 Å². The highest BCUT2D eigenvalue weighted by molar-refractivity contribution is 7.92. The molecule has 1 saturated carbocycles. The first-order valence-corrected chi connectivity index (χ1v) is 8.63. The molecule has 1 fully saturated rings. The monoisotopic (exact) mass is 290 g/mol. The van der Waals surface area contributed by atoms with Crippen LogP contribution in [-0.2, 0) is 16.4 Å². The highest BCUT2D eigenvalue weighted by Crippen LogP contribution is 2.33. The largest absolute Gasteiger partial charge is 0.389 e. The van der Waals surface area contributed by atoms with E-state index in [2.05, 4.69) is 9.71 Å². The Morgan fingerprint density at radius 3 is 2.78 bits per heavy atom. The zero-order valence-corrected chi connectivity index (χ0v) is 12.0. The van der Waals surface area contributed by atoms with Gasteiger partial charge >= 0.3 is 0 Å². The number of anilines is 1. The average molecular weight is 290 g/mol. The number of nitrogens with zero attached hydrogens (tertiary/aromatic N) is 1. The predicted molar refractivity (Wildman–Crippen MR) is 72.3 cm³/mol. The second-order valence-corrected chi connectivity index (χ2v) is 7.63. The van der Waals surface area contributed by atoms with Gasteiger partial charge in [-0.2, -0.15) is 0 Å². The van der Waals surface area contributed by atoms with Gasteiger partial charge in [-0.15, -0.1) is 11.3 Å². The lowest BCUT2D eigenvalue weighted by Gasteiger charge is -2.20. The van der Waals surface area contributed by atoms with Crippen LogP contribution in [0.15, 0.2) is 5.38 Å². The fourth-order valence-corrected chi connectivity index (χ4v) is 3.77. The summed E-state index contributed by atoms with van der Waals surface area (Å²) < 4.78 is 25.2. The van der Waals surface area contributed by atoms with Crippen LogP contribution in [0, 0.1) is 0 Å². The van der Waals surface area contributed by atoms with E-state index in [-0.39, 0.29) is 5.75 Å². The summed E-state index contributed by atoms with van der Waals surface area (Å²) in [5.74, 6) is 0.0336. The highest BCUT2D eigenvalue weighted by Gasteiger charge is 2.32. The molecule has 0 radical (unpaired) electrons. The van der Waals surface area contributed by atoms with Gasteiger partial charge in [0, 0.05) is 11.8 Å². The first kappa shape index (κ1) is 13.8. The number of hydrogen-bond donors (Lipinski definition) is 2. The van der Waals surface area contributed by atoms with Crippen LogP contribution >= 0.6 is 11.3 Å². The molecule has 2 N–H and O–H groups in total. The number of rotatable bonds is 5. The van der Waals surface area contributed by atoms with Gasteiger partial charge < -0.3 is 5.11 Å². The maximum Gasteiger partial charge on any atom is 0.234 e. The van der Waals surface area contributed by atoms with Crippen molar-refractivity contribution in [2.45, 2.75) is 44.6 Å². The van der Waals surface area contributed by atoms with Crippen LogP contribution in [0.1, 0.15) is 38.3 Å². The molecule has 18 heavy (non-hydrogen) atoms. The maximum atomic E-state index is 11.4. The van der Waals surface area contributed by atoms with E-state index < -0.39 is 15.6 Å². The summed E-state index contributed by atoms with van der Waals surface area (Å²) in [4.78, 5) is 4.22. The standard InChI is InChI=1S/C11H18N2O3S2/c1-2-18(15,16)13-10-12-9(8-17-10)7-11(14)5-3-4-6-11/h8,14H,2-7H2,1H3,(H,12,13). The first-order valence-electron chi connectivity index (χ1n) is 6.10. The van der Waals surface area contributed by atoms with Crippen LogP contribution in [0.3, 0.4) is 0 Å². The Labute approximate surface area is 111 Å². The Kier molecular flexibility index (Phi) is 3.93. The minimum Gasteiger partial charge on any atom is -0.389 e. The van der Waals surface area contributed by atoms with Crippen LogP contribution in [-0.4, -0.2) is 29.9 Å². The molecule has 0 bridgehead atoms. The summed E-state index contributed by atoms with van der Waals surface area (Å²) in [5.41, 5.74) is 0.118. The molecule has 2 rings (SSSR count). The molecule has 1 heterocycles. The Hall–Kier alpha value is -0.660. The van der Waals surface area contributed by atoms with Crippen molar-refractivity contribution in [1.29, 1.82) is 0 Å². The summed E-state index contributed by atoms with van der Waals surface area (Å²) in [6, 6.07) is 0. The van der Waals surface area contributed by atoms with Crippen molar-refractivity contribution in [2.24, 2.45) is 0 Å². The van der Waals surface area contributed by atoms with Crippen molar-refractivity contribution >= 4 is 26.5 Å². The Balaban J connectivity index is 2.02. The van der Waals surface area contributed by atoms with E-state index in [0.717, 1.165) is 31.4 Å². The molecule has 0 aromatic carbocycles. The average Bonchev–Trinajstić information content (AvgIpc) is 2.88. The Morgan fingerprint density at radius 1 is 1.50 bits per heavy atom. The zero-order chi connectivity index (χ0) is 13.2. The van der Waals surface area contributed by atoms with E-state index in [1.54, 1.807) is 6.92 Å². The van der Waals surface area contributed by atoms with E-state index in [4.69, 9.17) is 0 Å². The van der Waals surface area contributed by atoms with Crippen LogP contribution in [0.25, 0.3) is 0 Å². The Morgan fingerprint density at radius 2 is 2.17 bits per heavy atom. The van der Waals surface area contributed by atoms with Gasteiger partial charge in [0.05, 0.1) is 17.0 Å². The Bertz CT molecular complexity index is 504. The normalized spacial score (nSPS) is 19.0. The van der Waals surface area contributed by atoms with E-state index in [1.165, 1.54) is 11.3 Å². The van der Waals surface area contributed by atoms with Crippen LogP contribution in [0.4, 0.5) is 5.13 Å². The van der Waals surface area contributed by atoms with E-state index in [9.17, 15) is 13.5 Å². The molecule has 0 unspecified atom stereocenters. The maximum absolute atomic E-state index is 11.4. The van der Waals surface area contributed by atoms with Gasteiger partial charge in [-0.05, 0) is 19.8 Å². The lowest BCUT2D eigenvalue weighted by Crippen LogP contribution is -2.27. The van der Waals surface area contributed by atoms with Gasteiger partial charge in [0.1, 0.15) is 0 Å². The fourth-order valence-electron chi connectivity index (χ4n) is 2.19. The van der Waals surface area contributed by atoms with Gasteiger partial charge in [0.25, 0.3) is 0 Å². The summed E-state index contributed by atoms with van der Waals surface area (Å²) in [6.45, 7) is 1.58. The van der Waals surface area contributed by atoms with Gasteiger partial charge in [0.15, 0.2) is 5.13 Å². The molecule has 0 atom stereocenters. The molecular weight excluding hydrogens is 272 g/mol. The van der Waals surface area contributed by atoms with Crippen LogP contribution < -0.4 is 4.72 Å². The molecule has 0 amide bonds. The quantitative estimate of drug-likeness (QED) is 0.866. The number of hydrogen-bond acceptors (Lipinski definition) is 5. The number of sulfonamides is 1. The van der Waals surface area contributed by atoms with Crippen molar-refractivity contribution in [3.05, 3.63) is 11.1 Å².